The summed E-state index contributed by atoms with van der Waals surface area (Å²) >= 11 is 0. The Balaban J connectivity index is 1.99. The van der Waals surface area contributed by atoms with Gasteiger partial charge in [-0.15, -0.1) is 0 Å². The monoisotopic (exact) mass is 390 g/mol. The number of ether oxygens (including phenoxy) is 2. The molecule has 0 aliphatic rings. The number of aromatic nitrogens is 3. The van der Waals surface area contributed by atoms with E-state index in [-0.39, 0.29) is 5.82 Å². The number of methoxy groups -OCH3 is 2. The number of nitrogens with one attached hydrogen (secondary N) is 1. The molecule has 0 spiro atoms. The van der Waals surface area contributed by atoms with Crippen molar-refractivity contribution in [2.45, 2.75) is 0 Å². The summed E-state index contributed by atoms with van der Waals surface area (Å²) in [6, 6.07) is 11.8. The van der Waals surface area contributed by atoms with Crippen molar-refractivity contribution in [3.8, 4) is 34.0 Å². The first-order chi connectivity index (χ1) is 14.1. The number of halogens is 1. The molecule has 0 bridgehead atoms. The Bertz CT molecular complexity index is 1180. The second-order valence-corrected chi connectivity index (χ2v) is 6.31. The number of nitrogens with zero attached hydrogens (tertiary/aromatic N) is 3. The maximum absolute atomic E-state index is 13.9. The molecular weight excluding hydrogens is 371 g/mol. The molecule has 1 N–H and O–H groups in total. The minimum Gasteiger partial charge on any atom is -0.496 e. The second-order valence-electron chi connectivity index (χ2n) is 6.31. The van der Waals surface area contributed by atoms with E-state index in [4.69, 9.17) is 14.5 Å². The van der Waals surface area contributed by atoms with Crippen LogP contribution >= 0.6 is 0 Å². The van der Waals surface area contributed by atoms with Crippen molar-refractivity contribution >= 4 is 16.7 Å². The molecule has 0 saturated heterocycles. The van der Waals surface area contributed by atoms with Gasteiger partial charge in [-0.3, -0.25) is 4.98 Å². The zero-order valence-electron chi connectivity index (χ0n) is 16.2. The maximum atomic E-state index is 13.9. The number of fused-ring (bicyclic) bond motifs is 1. The van der Waals surface area contributed by atoms with Crippen molar-refractivity contribution in [1.82, 2.24) is 15.0 Å². The number of hydrogen-bond acceptors (Lipinski definition) is 6. The van der Waals surface area contributed by atoms with E-state index in [1.807, 2.05) is 24.3 Å². The van der Waals surface area contributed by atoms with Gasteiger partial charge >= 0.3 is 0 Å². The number of anilines is 1. The Hall–Kier alpha value is -3.74. The smallest absolute Gasteiger partial charge is 0.163 e. The van der Waals surface area contributed by atoms with Gasteiger partial charge < -0.3 is 14.8 Å². The van der Waals surface area contributed by atoms with Crippen LogP contribution < -0.4 is 14.8 Å². The number of benzene rings is 2. The molecule has 146 valence electrons. The minimum absolute atomic E-state index is 0.350. The van der Waals surface area contributed by atoms with E-state index < -0.39 is 0 Å². The van der Waals surface area contributed by atoms with E-state index in [0.29, 0.717) is 34.2 Å². The molecule has 0 radical (unpaired) electrons. The molecule has 2 heterocycles. The SMILES string of the molecule is CNc1nc(-c2cccnc2)nc2c(OC)cc(-c3cc(F)ccc3OC)cc12. The van der Waals surface area contributed by atoms with Crippen LogP contribution in [-0.4, -0.2) is 36.2 Å². The summed E-state index contributed by atoms with van der Waals surface area (Å²) in [7, 11) is 4.92. The highest BCUT2D eigenvalue weighted by atomic mass is 19.1. The summed E-state index contributed by atoms with van der Waals surface area (Å²) in [6.45, 7) is 0. The number of pyridine rings is 1. The van der Waals surface area contributed by atoms with E-state index >= 15 is 0 Å². The Morgan fingerprint density at radius 2 is 1.76 bits per heavy atom. The van der Waals surface area contributed by atoms with Crippen molar-refractivity contribution in [2.75, 3.05) is 26.6 Å². The van der Waals surface area contributed by atoms with E-state index in [2.05, 4.69) is 15.3 Å². The Morgan fingerprint density at radius 1 is 0.931 bits per heavy atom. The Morgan fingerprint density at radius 3 is 2.45 bits per heavy atom. The van der Waals surface area contributed by atoms with Crippen LogP contribution in [0.2, 0.25) is 0 Å². The van der Waals surface area contributed by atoms with Crippen molar-refractivity contribution < 1.29 is 13.9 Å². The molecule has 6 nitrogen and oxygen atoms in total. The average Bonchev–Trinajstić information content (AvgIpc) is 2.78. The van der Waals surface area contributed by atoms with Crippen LogP contribution in [0.4, 0.5) is 10.2 Å². The molecule has 0 amide bonds. The topological polar surface area (TPSA) is 69.2 Å². The number of rotatable bonds is 5. The van der Waals surface area contributed by atoms with E-state index in [9.17, 15) is 4.39 Å². The molecule has 0 unspecified atom stereocenters. The van der Waals surface area contributed by atoms with Gasteiger partial charge in [-0.05, 0) is 48.0 Å². The average molecular weight is 390 g/mol. The largest absolute Gasteiger partial charge is 0.496 e. The maximum Gasteiger partial charge on any atom is 0.163 e. The first kappa shape index (κ1) is 18.6. The highest BCUT2D eigenvalue weighted by Gasteiger charge is 2.17. The molecule has 0 saturated carbocycles. The summed E-state index contributed by atoms with van der Waals surface area (Å²) in [5.74, 6) is 1.92. The van der Waals surface area contributed by atoms with Crippen LogP contribution in [0.5, 0.6) is 11.5 Å². The molecule has 2 aromatic heterocycles. The number of hydrogen-bond donors (Lipinski definition) is 1. The molecule has 0 atom stereocenters. The van der Waals surface area contributed by atoms with Crippen LogP contribution in [0, 0.1) is 5.82 Å². The summed E-state index contributed by atoms with van der Waals surface area (Å²) in [5, 5.41) is 3.87. The Kier molecular flexibility index (Phi) is 4.95. The van der Waals surface area contributed by atoms with Gasteiger partial charge in [-0.1, -0.05) is 0 Å². The molecule has 4 rings (SSSR count). The fourth-order valence-electron chi connectivity index (χ4n) is 3.23. The highest BCUT2D eigenvalue weighted by molar-refractivity contribution is 5.98. The lowest BCUT2D eigenvalue weighted by Crippen LogP contribution is -2.01. The van der Waals surface area contributed by atoms with Gasteiger partial charge in [-0.2, -0.15) is 0 Å². The lowest BCUT2D eigenvalue weighted by atomic mass is 10.0. The predicted octanol–water partition coefficient (Wildman–Crippen LogP) is 4.56. The zero-order valence-corrected chi connectivity index (χ0v) is 16.2. The summed E-state index contributed by atoms with van der Waals surface area (Å²) in [6.07, 6.45) is 3.40. The molecule has 0 fully saturated rings. The van der Waals surface area contributed by atoms with Crippen LogP contribution in [0.1, 0.15) is 0 Å². The van der Waals surface area contributed by atoms with Crippen molar-refractivity contribution in [2.24, 2.45) is 0 Å². The fourth-order valence-corrected chi connectivity index (χ4v) is 3.23. The van der Waals surface area contributed by atoms with Crippen LogP contribution in [-0.2, 0) is 0 Å². The van der Waals surface area contributed by atoms with Crippen molar-refractivity contribution in [1.29, 1.82) is 0 Å². The van der Waals surface area contributed by atoms with Crippen LogP contribution in [0.3, 0.4) is 0 Å². The summed E-state index contributed by atoms with van der Waals surface area (Å²) < 4.78 is 24.9. The summed E-state index contributed by atoms with van der Waals surface area (Å²) in [5.41, 5.74) is 2.79. The first-order valence-electron chi connectivity index (χ1n) is 8.96. The molecule has 0 aliphatic heterocycles. The second kappa shape index (κ2) is 7.71. The third-order valence-electron chi connectivity index (χ3n) is 4.61. The normalized spacial score (nSPS) is 10.8. The lowest BCUT2D eigenvalue weighted by molar-refractivity contribution is 0.414. The summed E-state index contributed by atoms with van der Waals surface area (Å²) in [4.78, 5) is 13.5. The third-order valence-corrected chi connectivity index (χ3v) is 4.61. The quantitative estimate of drug-likeness (QED) is 0.539. The molecule has 7 heteroatoms. The standard InChI is InChI=1S/C22H19FN4O2/c1-24-22-17-9-14(16-11-15(23)6-7-18(16)28-2)10-19(29-3)20(17)26-21(27-22)13-5-4-8-25-12-13/h4-12H,1-3H3,(H,24,26,27). The highest BCUT2D eigenvalue weighted by Crippen LogP contribution is 2.38. The van der Waals surface area contributed by atoms with E-state index in [1.165, 1.54) is 12.1 Å². The van der Waals surface area contributed by atoms with E-state index in [0.717, 1.165) is 16.5 Å². The molecule has 29 heavy (non-hydrogen) atoms. The van der Waals surface area contributed by atoms with Crippen molar-refractivity contribution in [3.63, 3.8) is 0 Å². The van der Waals surface area contributed by atoms with Gasteiger partial charge in [0.05, 0.1) is 14.2 Å². The zero-order chi connectivity index (χ0) is 20.4. The lowest BCUT2D eigenvalue weighted by Gasteiger charge is -2.15. The predicted molar refractivity (Wildman–Crippen MR) is 111 cm³/mol. The minimum atomic E-state index is -0.350. The van der Waals surface area contributed by atoms with Gasteiger partial charge in [0.15, 0.2) is 5.82 Å². The fraction of sp³-hybridized carbons (Fsp3) is 0.136. The van der Waals surface area contributed by atoms with Crippen LogP contribution in [0.15, 0.2) is 54.9 Å². The van der Waals surface area contributed by atoms with Gasteiger partial charge in [0.25, 0.3) is 0 Å². The molecular formula is C22H19FN4O2. The first-order valence-corrected chi connectivity index (χ1v) is 8.96. The van der Waals surface area contributed by atoms with Gasteiger partial charge in [0, 0.05) is 36.0 Å². The van der Waals surface area contributed by atoms with Crippen LogP contribution in [0.25, 0.3) is 33.4 Å². The molecule has 0 aliphatic carbocycles. The molecule has 4 aromatic rings. The third kappa shape index (κ3) is 3.42. The van der Waals surface area contributed by atoms with Gasteiger partial charge in [0.1, 0.15) is 28.7 Å². The van der Waals surface area contributed by atoms with Gasteiger partial charge in [-0.25, -0.2) is 14.4 Å². The Labute approximate surface area is 167 Å². The van der Waals surface area contributed by atoms with Crippen molar-refractivity contribution in [3.05, 3.63) is 60.7 Å². The molecule has 2 aromatic carbocycles. The van der Waals surface area contributed by atoms with Gasteiger partial charge in [0.2, 0.25) is 0 Å². The van der Waals surface area contributed by atoms with E-state index in [1.54, 1.807) is 39.7 Å².